The first kappa shape index (κ1) is 10.7. The first-order valence-electron chi connectivity index (χ1n) is 5.02. The van der Waals surface area contributed by atoms with E-state index in [2.05, 4.69) is 4.99 Å². The maximum atomic E-state index is 11.5. The van der Waals surface area contributed by atoms with Crippen LogP contribution < -0.4 is 0 Å². The molecule has 16 heavy (non-hydrogen) atoms. The summed E-state index contributed by atoms with van der Waals surface area (Å²) in [4.78, 5) is 15.8. The lowest BCUT2D eigenvalue weighted by molar-refractivity contribution is -0.146. The SMILES string of the molecule is COC(=O)C1(C)COC(c2ccccc2)=N1. The number of hydrogen-bond acceptors (Lipinski definition) is 4. The maximum absolute atomic E-state index is 11.5. The summed E-state index contributed by atoms with van der Waals surface area (Å²) in [6.07, 6.45) is 0. The van der Waals surface area contributed by atoms with Crippen LogP contribution in [0.15, 0.2) is 35.3 Å². The van der Waals surface area contributed by atoms with Gasteiger partial charge in [-0.05, 0) is 19.1 Å². The lowest BCUT2D eigenvalue weighted by atomic mass is 10.1. The molecule has 0 aliphatic carbocycles. The maximum Gasteiger partial charge on any atom is 0.337 e. The summed E-state index contributed by atoms with van der Waals surface area (Å²) in [5.74, 6) is 0.118. The zero-order valence-electron chi connectivity index (χ0n) is 9.27. The minimum Gasteiger partial charge on any atom is -0.474 e. The number of hydrogen-bond donors (Lipinski definition) is 0. The molecule has 0 saturated carbocycles. The van der Waals surface area contributed by atoms with Gasteiger partial charge in [-0.25, -0.2) is 9.79 Å². The number of aliphatic imine (C=N–C) groups is 1. The van der Waals surface area contributed by atoms with Gasteiger partial charge in [0.1, 0.15) is 6.61 Å². The Labute approximate surface area is 93.9 Å². The molecular weight excluding hydrogens is 206 g/mol. The van der Waals surface area contributed by atoms with Gasteiger partial charge in [-0.15, -0.1) is 0 Å². The van der Waals surface area contributed by atoms with Crippen LogP contribution in [0.25, 0.3) is 0 Å². The summed E-state index contributed by atoms with van der Waals surface area (Å²) < 4.78 is 10.1. The molecule has 1 unspecified atom stereocenters. The van der Waals surface area contributed by atoms with Crippen molar-refractivity contribution in [3.8, 4) is 0 Å². The van der Waals surface area contributed by atoms with Crippen molar-refractivity contribution in [3.63, 3.8) is 0 Å². The zero-order chi connectivity index (χ0) is 11.6. The van der Waals surface area contributed by atoms with Crippen molar-refractivity contribution in [1.82, 2.24) is 0 Å². The van der Waals surface area contributed by atoms with Crippen molar-refractivity contribution in [2.45, 2.75) is 12.5 Å². The third kappa shape index (κ3) is 1.78. The molecule has 4 heteroatoms. The Hall–Kier alpha value is -1.84. The van der Waals surface area contributed by atoms with Gasteiger partial charge in [0, 0.05) is 5.56 Å². The molecule has 1 aliphatic heterocycles. The van der Waals surface area contributed by atoms with Gasteiger partial charge in [0.05, 0.1) is 7.11 Å². The van der Waals surface area contributed by atoms with Crippen LogP contribution in [0.1, 0.15) is 12.5 Å². The van der Waals surface area contributed by atoms with E-state index < -0.39 is 5.54 Å². The zero-order valence-corrected chi connectivity index (χ0v) is 9.27. The lowest BCUT2D eigenvalue weighted by Crippen LogP contribution is -2.35. The average molecular weight is 219 g/mol. The van der Waals surface area contributed by atoms with Gasteiger partial charge in [0.25, 0.3) is 0 Å². The van der Waals surface area contributed by atoms with E-state index in [-0.39, 0.29) is 12.6 Å². The number of ether oxygens (including phenoxy) is 2. The van der Waals surface area contributed by atoms with E-state index in [9.17, 15) is 4.79 Å². The van der Waals surface area contributed by atoms with Crippen LogP contribution in [-0.2, 0) is 14.3 Å². The van der Waals surface area contributed by atoms with Gasteiger partial charge in [-0.2, -0.15) is 0 Å². The molecule has 1 aliphatic rings. The van der Waals surface area contributed by atoms with Crippen molar-refractivity contribution in [1.29, 1.82) is 0 Å². The standard InChI is InChI=1S/C12H13NO3/c1-12(11(14)15-2)8-16-10(13-12)9-6-4-3-5-7-9/h3-7H,8H2,1-2H3. The van der Waals surface area contributed by atoms with Crippen molar-refractivity contribution in [2.75, 3.05) is 13.7 Å². The Morgan fingerprint density at radius 3 is 2.75 bits per heavy atom. The molecule has 0 saturated heterocycles. The fourth-order valence-electron chi connectivity index (χ4n) is 1.55. The van der Waals surface area contributed by atoms with E-state index in [0.717, 1.165) is 5.56 Å². The molecule has 1 atom stereocenters. The highest BCUT2D eigenvalue weighted by Gasteiger charge is 2.40. The van der Waals surface area contributed by atoms with E-state index >= 15 is 0 Å². The summed E-state index contributed by atoms with van der Waals surface area (Å²) in [5, 5.41) is 0. The van der Waals surface area contributed by atoms with E-state index in [1.165, 1.54) is 7.11 Å². The number of carbonyl (C=O) groups is 1. The number of esters is 1. The molecule has 4 nitrogen and oxygen atoms in total. The fraction of sp³-hybridized carbons (Fsp3) is 0.333. The lowest BCUT2D eigenvalue weighted by Gasteiger charge is -2.13. The number of benzene rings is 1. The summed E-state index contributed by atoms with van der Waals surface area (Å²) in [6, 6.07) is 9.49. The van der Waals surface area contributed by atoms with Crippen LogP contribution in [0.4, 0.5) is 0 Å². The van der Waals surface area contributed by atoms with Gasteiger partial charge in [0.15, 0.2) is 5.54 Å². The van der Waals surface area contributed by atoms with E-state index in [1.54, 1.807) is 6.92 Å². The minimum absolute atomic E-state index is 0.226. The second kappa shape index (κ2) is 3.96. The largest absolute Gasteiger partial charge is 0.474 e. The third-order valence-electron chi connectivity index (χ3n) is 2.48. The summed E-state index contributed by atoms with van der Waals surface area (Å²) in [6.45, 7) is 1.93. The number of methoxy groups -OCH3 is 1. The molecule has 84 valence electrons. The van der Waals surface area contributed by atoms with Gasteiger partial charge in [-0.1, -0.05) is 18.2 Å². The van der Waals surface area contributed by atoms with Crippen LogP contribution in [0.5, 0.6) is 0 Å². The molecule has 1 heterocycles. The normalized spacial score (nSPS) is 23.5. The second-order valence-electron chi connectivity index (χ2n) is 3.84. The van der Waals surface area contributed by atoms with Gasteiger partial charge < -0.3 is 9.47 Å². The minimum atomic E-state index is -0.917. The molecule has 1 aromatic carbocycles. The van der Waals surface area contributed by atoms with Crippen LogP contribution in [0, 0.1) is 0 Å². The van der Waals surface area contributed by atoms with Crippen molar-refractivity contribution in [3.05, 3.63) is 35.9 Å². The van der Waals surface area contributed by atoms with E-state index in [0.29, 0.717) is 5.90 Å². The molecule has 0 aromatic heterocycles. The van der Waals surface area contributed by atoms with Crippen LogP contribution in [0.3, 0.4) is 0 Å². The Bertz CT molecular complexity index is 427. The summed E-state index contributed by atoms with van der Waals surface area (Å²) >= 11 is 0. The van der Waals surface area contributed by atoms with E-state index in [1.807, 2.05) is 30.3 Å². The predicted octanol–water partition coefficient (Wildman–Crippen LogP) is 1.40. The van der Waals surface area contributed by atoms with Gasteiger partial charge in [-0.3, -0.25) is 0 Å². The Morgan fingerprint density at radius 1 is 1.44 bits per heavy atom. The van der Waals surface area contributed by atoms with Crippen molar-refractivity contribution in [2.24, 2.45) is 4.99 Å². The average Bonchev–Trinajstić information content (AvgIpc) is 2.73. The first-order chi connectivity index (χ1) is 7.65. The molecule has 0 fully saturated rings. The summed E-state index contributed by atoms with van der Waals surface area (Å²) in [5.41, 5.74) is -0.0463. The Kier molecular flexibility index (Phi) is 2.64. The number of nitrogens with zero attached hydrogens (tertiary/aromatic N) is 1. The molecule has 0 amide bonds. The fourth-order valence-corrected chi connectivity index (χ4v) is 1.55. The van der Waals surface area contributed by atoms with Crippen LogP contribution in [-0.4, -0.2) is 31.1 Å². The topological polar surface area (TPSA) is 47.9 Å². The van der Waals surface area contributed by atoms with E-state index in [4.69, 9.17) is 9.47 Å². The van der Waals surface area contributed by atoms with Gasteiger partial charge in [0.2, 0.25) is 5.90 Å². The third-order valence-corrected chi connectivity index (χ3v) is 2.48. The quantitative estimate of drug-likeness (QED) is 0.706. The molecule has 0 N–H and O–H groups in total. The Morgan fingerprint density at radius 2 is 2.12 bits per heavy atom. The van der Waals surface area contributed by atoms with Crippen molar-refractivity contribution < 1.29 is 14.3 Å². The number of rotatable bonds is 2. The highest BCUT2D eigenvalue weighted by atomic mass is 16.5. The smallest absolute Gasteiger partial charge is 0.337 e. The highest BCUT2D eigenvalue weighted by Crippen LogP contribution is 2.22. The second-order valence-corrected chi connectivity index (χ2v) is 3.84. The van der Waals surface area contributed by atoms with Gasteiger partial charge >= 0.3 is 5.97 Å². The molecule has 1 aromatic rings. The molecule has 0 spiro atoms. The van der Waals surface area contributed by atoms with Crippen LogP contribution >= 0.6 is 0 Å². The van der Waals surface area contributed by atoms with Crippen LogP contribution in [0.2, 0.25) is 0 Å². The summed E-state index contributed by atoms with van der Waals surface area (Å²) in [7, 11) is 1.35. The van der Waals surface area contributed by atoms with Crippen molar-refractivity contribution >= 4 is 11.9 Å². The highest BCUT2D eigenvalue weighted by molar-refractivity contribution is 5.98. The number of carbonyl (C=O) groups excluding carboxylic acids is 1. The first-order valence-corrected chi connectivity index (χ1v) is 5.02. The molecule has 0 radical (unpaired) electrons. The molecular formula is C12H13NO3. The molecule has 0 bridgehead atoms. The Balaban J connectivity index is 2.28. The monoisotopic (exact) mass is 219 g/mol. The molecule has 2 rings (SSSR count). The predicted molar refractivity (Wildman–Crippen MR) is 59.4 cm³/mol.